The fraction of sp³-hybridized carbons (Fsp3) is 0.167. The smallest absolute Gasteiger partial charge is 0.335 e. The average Bonchev–Trinajstić information content (AvgIpc) is 2.84. The molecular weight excluding hydrogens is 318 g/mol. The minimum Gasteiger partial charge on any atom is -0.478 e. The first-order valence-corrected chi connectivity index (χ1v) is 7.07. The molecule has 0 radical (unpaired) electrons. The average molecular weight is 328 g/mol. The number of halogens is 1. The number of carbonyl (C=O) groups is 2. The Morgan fingerprint density at radius 3 is 2.81 bits per heavy atom. The van der Waals surface area contributed by atoms with E-state index in [1.807, 2.05) is 0 Å². The summed E-state index contributed by atoms with van der Waals surface area (Å²) in [6.45, 7) is 1.65. The Balaban J connectivity index is 1.99. The van der Waals surface area contributed by atoms with Gasteiger partial charge < -0.3 is 14.8 Å². The highest BCUT2D eigenvalue weighted by atomic mass is 35.5. The number of anilines is 1. The summed E-state index contributed by atoms with van der Waals surface area (Å²) in [6.07, 6.45) is 0. The Morgan fingerprint density at radius 1 is 1.43 bits per heavy atom. The molecule has 1 aromatic carbocycles. The Hall–Kier alpha value is -2.06. The summed E-state index contributed by atoms with van der Waals surface area (Å²) >= 11 is 6.98. The quantitative estimate of drug-likeness (QED) is 0.812. The summed E-state index contributed by atoms with van der Waals surface area (Å²) < 4.78 is 5.12. The number of hydrogen-bond acceptors (Lipinski definition) is 6. The van der Waals surface area contributed by atoms with Gasteiger partial charge in [-0.2, -0.15) is 0 Å². The van der Waals surface area contributed by atoms with Crippen LogP contribution in [-0.4, -0.2) is 32.9 Å². The van der Waals surface area contributed by atoms with Crippen molar-refractivity contribution in [2.24, 2.45) is 0 Å². The van der Waals surface area contributed by atoms with Crippen molar-refractivity contribution >= 4 is 40.9 Å². The van der Waals surface area contributed by atoms with E-state index in [2.05, 4.69) is 15.5 Å². The van der Waals surface area contributed by atoms with E-state index < -0.39 is 5.97 Å². The van der Waals surface area contributed by atoms with Crippen molar-refractivity contribution in [2.75, 3.05) is 11.1 Å². The molecule has 1 amide bonds. The lowest BCUT2D eigenvalue weighted by atomic mass is 10.2. The van der Waals surface area contributed by atoms with Crippen molar-refractivity contribution < 1.29 is 19.1 Å². The third-order valence-electron chi connectivity index (χ3n) is 2.32. The van der Waals surface area contributed by atoms with Crippen LogP contribution in [0.5, 0.6) is 0 Å². The molecule has 0 fully saturated rings. The molecule has 0 aliphatic rings. The second kappa shape index (κ2) is 6.59. The molecular formula is C12H10ClN3O4S. The Kier molecular flexibility index (Phi) is 4.81. The third kappa shape index (κ3) is 4.20. The van der Waals surface area contributed by atoms with Gasteiger partial charge in [-0.3, -0.25) is 4.79 Å². The SMILES string of the molecule is Cc1nnc(SCC(=O)Nc2cc(C(=O)O)ccc2Cl)o1. The standard InChI is InChI=1S/C12H10ClN3O4S/c1-6-15-16-12(20-6)21-5-10(17)14-9-4-7(11(18)19)2-3-8(9)13/h2-4H,5H2,1H3,(H,14,17)(H,18,19). The molecule has 0 unspecified atom stereocenters. The molecule has 0 saturated carbocycles. The van der Waals surface area contributed by atoms with E-state index in [1.165, 1.54) is 18.2 Å². The molecule has 2 N–H and O–H groups in total. The molecule has 9 heteroatoms. The molecule has 1 aromatic heterocycles. The van der Waals surface area contributed by atoms with Crippen LogP contribution in [0.1, 0.15) is 16.2 Å². The third-order valence-corrected chi connectivity index (χ3v) is 3.47. The van der Waals surface area contributed by atoms with E-state index in [0.717, 1.165) is 11.8 Å². The number of benzene rings is 1. The van der Waals surface area contributed by atoms with Crippen molar-refractivity contribution in [3.63, 3.8) is 0 Å². The van der Waals surface area contributed by atoms with E-state index in [-0.39, 0.29) is 33.2 Å². The van der Waals surface area contributed by atoms with E-state index in [9.17, 15) is 9.59 Å². The number of amides is 1. The van der Waals surface area contributed by atoms with Crippen molar-refractivity contribution in [1.82, 2.24) is 10.2 Å². The monoisotopic (exact) mass is 327 g/mol. The summed E-state index contributed by atoms with van der Waals surface area (Å²) in [6, 6.07) is 4.06. The van der Waals surface area contributed by atoms with E-state index in [1.54, 1.807) is 6.92 Å². The molecule has 0 aliphatic carbocycles. The van der Waals surface area contributed by atoms with Crippen LogP contribution in [0.25, 0.3) is 0 Å². The second-order valence-electron chi connectivity index (χ2n) is 3.92. The largest absolute Gasteiger partial charge is 0.478 e. The van der Waals surface area contributed by atoms with Gasteiger partial charge in [0.2, 0.25) is 11.8 Å². The number of carbonyl (C=O) groups excluding carboxylic acids is 1. The lowest BCUT2D eigenvalue weighted by Crippen LogP contribution is -2.15. The Bertz CT molecular complexity index is 689. The number of thioether (sulfide) groups is 1. The number of aryl methyl sites for hydroxylation is 1. The highest BCUT2D eigenvalue weighted by molar-refractivity contribution is 7.99. The zero-order chi connectivity index (χ0) is 15.4. The number of nitrogens with one attached hydrogen (secondary N) is 1. The summed E-state index contributed by atoms with van der Waals surface area (Å²) in [5.41, 5.74) is 0.277. The molecule has 0 bridgehead atoms. The van der Waals surface area contributed by atoms with Gasteiger partial charge >= 0.3 is 5.97 Å². The van der Waals surface area contributed by atoms with Gasteiger partial charge in [0, 0.05) is 6.92 Å². The number of aromatic carboxylic acids is 1. The second-order valence-corrected chi connectivity index (χ2v) is 5.26. The zero-order valence-corrected chi connectivity index (χ0v) is 12.4. The fourth-order valence-electron chi connectivity index (χ4n) is 1.40. The molecule has 2 rings (SSSR count). The van der Waals surface area contributed by atoms with Gasteiger partial charge in [-0.1, -0.05) is 23.4 Å². The maximum absolute atomic E-state index is 11.8. The predicted octanol–water partition coefficient (Wildman–Crippen LogP) is 2.46. The van der Waals surface area contributed by atoms with Gasteiger partial charge in [-0.25, -0.2) is 4.79 Å². The first kappa shape index (κ1) is 15.3. The number of aromatic nitrogens is 2. The summed E-state index contributed by atoms with van der Waals surface area (Å²) in [4.78, 5) is 22.7. The molecule has 0 atom stereocenters. The van der Waals surface area contributed by atoms with Crippen LogP contribution in [0.4, 0.5) is 5.69 Å². The molecule has 21 heavy (non-hydrogen) atoms. The van der Waals surface area contributed by atoms with Crippen LogP contribution in [0.15, 0.2) is 27.8 Å². The first-order chi connectivity index (χ1) is 9.95. The fourth-order valence-corrected chi connectivity index (χ4v) is 2.17. The van der Waals surface area contributed by atoms with Crippen LogP contribution in [0.3, 0.4) is 0 Å². The van der Waals surface area contributed by atoms with Crippen LogP contribution in [-0.2, 0) is 4.79 Å². The maximum atomic E-state index is 11.8. The van der Waals surface area contributed by atoms with Crippen LogP contribution in [0, 0.1) is 6.92 Å². The number of nitrogens with zero attached hydrogens (tertiary/aromatic N) is 2. The first-order valence-electron chi connectivity index (χ1n) is 5.71. The van der Waals surface area contributed by atoms with Crippen LogP contribution >= 0.6 is 23.4 Å². The molecule has 110 valence electrons. The Morgan fingerprint density at radius 2 is 2.19 bits per heavy atom. The minimum atomic E-state index is -1.10. The number of carboxylic acid groups (broad SMARTS) is 1. The molecule has 7 nitrogen and oxygen atoms in total. The molecule has 0 saturated heterocycles. The van der Waals surface area contributed by atoms with Crippen molar-refractivity contribution in [2.45, 2.75) is 12.1 Å². The number of carboxylic acids is 1. The molecule has 0 spiro atoms. The van der Waals surface area contributed by atoms with Gasteiger partial charge in [-0.05, 0) is 18.2 Å². The molecule has 1 heterocycles. The predicted molar refractivity (Wildman–Crippen MR) is 76.8 cm³/mol. The minimum absolute atomic E-state index is 0.0369. The maximum Gasteiger partial charge on any atom is 0.335 e. The van der Waals surface area contributed by atoms with Gasteiger partial charge in [0.05, 0.1) is 22.0 Å². The Labute approximate surface area is 128 Å². The van der Waals surface area contributed by atoms with Gasteiger partial charge in [0.15, 0.2) is 0 Å². The molecule has 0 aliphatic heterocycles. The van der Waals surface area contributed by atoms with Gasteiger partial charge in [0.25, 0.3) is 5.22 Å². The highest BCUT2D eigenvalue weighted by Crippen LogP contribution is 2.24. The van der Waals surface area contributed by atoms with E-state index in [4.69, 9.17) is 21.1 Å². The van der Waals surface area contributed by atoms with Crippen molar-refractivity contribution in [3.8, 4) is 0 Å². The molecule has 2 aromatic rings. The number of rotatable bonds is 5. The normalized spacial score (nSPS) is 10.4. The van der Waals surface area contributed by atoms with Gasteiger partial charge in [-0.15, -0.1) is 10.2 Å². The van der Waals surface area contributed by atoms with E-state index >= 15 is 0 Å². The highest BCUT2D eigenvalue weighted by Gasteiger charge is 2.12. The lowest BCUT2D eigenvalue weighted by Gasteiger charge is -2.07. The lowest BCUT2D eigenvalue weighted by molar-refractivity contribution is -0.113. The topological polar surface area (TPSA) is 105 Å². The summed E-state index contributed by atoms with van der Waals surface area (Å²) in [7, 11) is 0. The summed E-state index contributed by atoms with van der Waals surface area (Å²) in [5.74, 6) is -1.01. The van der Waals surface area contributed by atoms with Crippen LogP contribution < -0.4 is 5.32 Å². The number of hydrogen-bond donors (Lipinski definition) is 2. The zero-order valence-electron chi connectivity index (χ0n) is 10.8. The summed E-state index contributed by atoms with van der Waals surface area (Å²) in [5, 5.41) is 19.4. The van der Waals surface area contributed by atoms with Gasteiger partial charge in [0.1, 0.15) is 0 Å². The van der Waals surface area contributed by atoms with Crippen molar-refractivity contribution in [1.29, 1.82) is 0 Å². The van der Waals surface area contributed by atoms with Crippen molar-refractivity contribution in [3.05, 3.63) is 34.7 Å². The van der Waals surface area contributed by atoms with E-state index in [0.29, 0.717) is 5.89 Å². The van der Waals surface area contributed by atoms with Crippen LogP contribution in [0.2, 0.25) is 5.02 Å².